The van der Waals surface area contributed by atoms with E-state index in [2.05, 4.69) is 57.1 Å². The summed E-state index contributed by atoms with van der Waals surface area (Å²) in [5.74, 6) is 0. The molecule has 0 saturated carbocycles. The van der Waals surface area contributed by atoms with Gasteiger partial charge in [-0.15, -0.1) is 0 Å². The molecule has 0 atom stereocenters. The Balaban J connectivity index is 2.37. The van der Waals surface area contributed by atoms with Crippen LogP contribution < -0.4 is 0 Å². The van der Waals surface area contributed by atoms with E-state index in [0.717, 1.165) is 34.4 Å². The first-order valence-electron chi connectivity index (χ1n) is 6.24. The lowest BCUT2D eigenvalue weighted by atomic mass is 10.2. The summed E-state index contributed by atoms with van der Waals surface area (Å²) >= 11 is 12.1. The van der Waals surface area contributed by atoms with Crippen LogP contribution in [0.3, 0.4) is 0 Å². The highest BCUT2D eigenvalue weighted by Gasteiger charge is 2.14. The summed E-state index contributed by atoms with van der Waals surface area (Å²) in [5, 5.41) is 5.47. The second kappa shape index (κ2) is 6.59. The highest BCUT2D eigenvalue weighted by Crippen LogP contribution is 2.24. The van der Waals surface area contributed by atoms with E-state index < -0.39 is 0 Å². The van der Waals surface area contributed by atoms with Gasteiger partial charge in [0.15, 0.2) is 0 Å². The van der Waals surface area contributed by atoms with Gasteiger partial charge >= 0.3 is 0 Å². The fourth-order valence-corrected chi connectivity index (χ4v) is 3.92. The van der Waals surface area contributed by atoms with Crippen LogP contribution >= 0.6 is 50.1 Å². The second-order valence-corrected chi connectivity index (χ2v) is 6.71. The molecule has 2 nitrogen and oxygen atoms in total. The maximum absolute atomic E-state index is 6.28. The average Bonchev–Trinajstić information content (AvgIpc) is 2.68. The Morgan fingerprint density at radius 1 is 1.32 bits per heavy atom. The summed E-state index contributed by atoms with van der Waals surface area (Å²) < 4.78 is 4.37. The minimum atomic E-state index is 0.727. The first-order chi connectivity index (χ1) is 9.06. The maximum atomic E-state index is 6.28. The lowest BCUT2D eigenvalue weighted by molar-refractivity contribution is 0.640. The van der Waals surface area contributed by atoms with Crippen LogP contribution in [0.25, 0.3) is 0 Å². The molecule has 0 aliphatic heterocycles. The molecule has 1 aromatic heterocycles. The van der Waals surface area contributed by atoms with Gasteiger partial charge in [-0.05, 0) is 53.1 Å². The van der Waals surface area contributed by atoms with Crippen LogP contribution in [0.1, 0.15) is 30.8 Å². The molecule has 0 spiro atoms. The van der Waals surface area contributed by atoms with Crippen molar-refractivity contribution in [2.24, 2.45) is 0 Å². The van der Waals surface area contributed by atoms with Gasteiger partial charge in [0.2, 0.25) is 0 Å². The molecule has 0 unspecified atom stereocenters. The molecule has 0 saturated heterocycles. The monoisotopic (exact) mass is 452 g/mol. The number of rotatable bonds is 4. The average molecular weight is 454 g/mol. The lowest BCUT2D eigenvalue weighted by Gasteiger charge is -2.08. The molecule has 0 aliphatic carbocycles. The van der Waals surface area contributed by atoms with E-state index in [1.165, 1.54) is 15.0 Å². The van der Waals surface area contributed by atoms with Crippen molar-refractivity contribution in [2.45, 2.75) is 33.2 Å². The quantitative estimate of drug-likeness (QED) is 0.591. The van der Waals surface area contributed by atoms with E-state index in [0.29, 0.717) is 0 Å². The smallest absolute Gasteiger partial charge is 0.0758 e. The van der Waals surface area contributed by atoms with E-state index in [4.69, 9.17) is 16.7 Å². The molecular weight excluding hydrogens is 438 g/mol. The van der Waals surface area contributed by atoms with Gasteiger partial charge in [-0.25, -0.2) is 0 Å². The SMILES string of the molecule is CCc1nn(Cc2ccc(Br)cc2Cl)c(CC)c1I. The summed E-state index contributed by atoms with van der Waals surface area (Å²) in [7, 11) is 0. The van der Waals surface area contributed by atoms with Crippen molar-refractivity contribution < 1.29 is 0 Å². The van der Waals surface area contributed by atoms with Crippen LogP contribution in [0.2, 0.25) is 5.02 Å². The third-order valence-corrected chi connectivity index (χ3v) is 5.16. The van der Waals surface area contributed by atoms with Gasteiger partial charge in [-0.3, -0.25) is 4.68 Å². The van der Waals surface area contributed by atoms with Crippen molar-refractivity contribution in [1.29, 1.82) is 0 Å². The van der Waals surface area contributed by atoms with Gasteiger partial charge in [-0.2, -0.15) is 5.10 Å². The zero-order valence-corrected chi connectivity index (χ0v) is 15.4. The van der Waals surface area contributed by atoms with E-state index in [1.54, 1.807) is 0 Å². The van der Waals surface area contributed by atoms with E-state index in [-0.39, 0.29) is 0 Å². The molecule has 1 aromatic carbocycles. The van der Waals surface area contributed by atoms with Crippen LogP contribution in [0.4, 0.5) is 0 Å². The third kappa shape index (κ3) is 3.34. The Bertz CT molecular complexity index is 595. The first kappa shape index (κ1) is 15.3. The molecule has 19 heavy (non-hydrogen) atoms. The predicted molar refractivity (Wildman–Crippen MR) is 92.0 cm³/mol. The molecule has 2 aromatic rings. The predicted octanol–water partition coefficient (Wildman–Crippen LogP) is 5.08. The zero-order valence-electron chi connectivity index (χ0n) is 10.9. The number of hydrogen-bond donors (Lipinski definition) is 0. The molecule has 1 heterocycles. The number of aromatic nitrogens is 2. The molecular formula is C14H15BrClIN2. The van der Waals surface area contributed by atoms with Crippen molar-refractivity contribution in [3.8, 4) is 0 Å². The van der Waals surface area contributed by atoms with E-state index >= 15 is 0 Å². The molecule has 0 fully saturated rings. The molecule has 0 amide bonds. The molecule has 5 heteroatoms. The minimum absolute atomic E-state index is 0.727. The molecule has 0 N–H and O–H groups in total. The van der Waals surface area contributed by atoms with Gasteiger partial charge in [0.05, 0.1) is 21.5 Å². The number of hydrogen-bond acceptors (Lipinski definition) is 1. The molecule has 102 valence electrons. The Hall–Kier alpha value is -0.0700. The number of aryl methyl sites for hydroxylation is 1. The van der Waals surface area contributed by atoms with Gasteiger partial charge in [0.25, 0.3) is 0 Å². The lowest BCUT2D eigenvalue weighted by Crippen LogP contribution is -2.06. The number of benzene rings is 1. The van der Waals surface area contributed by atoms with Crippen LogP contribution in [0.5, 0.6) is 0 Å². The Morgan fingerprint density at radius 2 is 2.05 bits per heavy atom. The maximum Gasteiger partial charge on any atom is 0.0758 e. The van der Waals surface area contributed by atoms with Crippen LogP contribution in [-0.4, -0.2) is 9.78 Å². The zero-order chi connectivity index (χ0) is 14.0. The largest absolute Gasteiger partial charge is 0.264 e. The van der Waals surface area contributed by atoms with Gasteiger partial charge in [-0.1, -0.05) is 47.4 Å². The van der Waals surface area contributed by atoms with Crippen LogP contribution in [0, 0.1) is 3.57 Å². The molecule has 2 rings (SSSR count). The summed E-state index contributed by atoms with van der Waals surface area (Å²) in [6.45, 7) is 5.03. The fraction of sp³-hybridized carbons (Fsp3) is 0.357. The van der Waals surface area contributed by atoms with E-state index in [9.17, 15) is 0 Å². The molecule has 0 bridgehead atoms. The summed E-state index contributed by atoms with van der Waals surface area (Å²) in [6.07, 6.45) is 1.95. The summed E-state index contributed by atoms with van der Waals surface area (Å²) in [5.41, 5.74) is 3.56. The summed E-state index contributed by atoms with van der Waals surface area (Å²) in [6, 6.07) is 5.99. The van der Waals surface area contributed by atoms with Crippen molar-refractivity contribution in [1.82, 2.24) is 9.78 Å². The molecule has 0 aliphatic rings. The summed E-state index contributed by atoms with van der Waals surface area (Å²) in [4.78, 5) is 0. The standard InChI is InChI=1S/C14H15BrClIN2/c1-3-12-14(17)13(4-2)19(18-12)8-9-5-6-10(15)7-11(9)16/h5-7H,3-4,8H2,1-2H3. The normalized spacial score (nSPS) is 11.0. The minimum Gasteiger partial charge on any atom is -0.264 e. The van der Waals surface area contributed by atoms with Gasteiger partial charge in [0, 0.05) is 9.50 Å². The van der Waals surface area contributed by atoms with Crippen LogP contribution in [0.15, 0.2) is 22.7 Å². The van der Waals surface area contributed by atoms with Gasteiger partial charge < -0.3 is 0 Å². The van der Waals surface area contributed by atoms with Crippen LogP contribution in [-0.2, 0) is 19.4 Å². The second-order valence-electron chi connectivity index (χ2n) is 4.31. The third-order valence-electron chi connectivity index (χ3n) is 3.06. The Labute approximate surface area is 140 Å². The number of nitrogens with zero attached hydrogens (tertiary/aromatic N) is 2. The topological polar surface area (TPSA) is 17.8 Å². The Kier molecular flexibility index (Phi) is 5.31. The fourth-order valence-electron chi connectivity index (χ4n) is 2.04. The van der Waals surface area contributed by atoms with Crippen molar-refractivity contribution >= 4 is 50.1 Å². The molecule has 0 radical (unpaired) electrons. The van der Waals surface area contributed by atoms with Crippen molar-refractivity contribution in [2.75, 3.05) is 0 Å². The highest BCUT2D eigenvalue weighted by molar-refractivity contribution is 14.1. The van der Waals surface area contributed by atoms with Crippen molar-refractivity contribution in [3.05, 3.63) is 48.2 Å². The van der Waals surface area contributed by atoms with Gasteiger partial charge in [0.1, 0.15) is 0 Å². The Morgan fingerprint density at radius 3 is 2.63 bits per heavy atom. The first-order valence-corrected chi connectivity index (χ1v) is 8.49. The van der Waals surface area contributed by atoms with E-state index in [1.807, 2.05) is 18.2 Å². The number of halogens is 3. The van der Waals surface area contributed by atoms with Crippen molar-refractivity contribution in [3.63, 3.8) is 0 Å². The highest BCUT2D eigenvalue weighted by atomic mass is 127.